The van der Waals surface area contributed by atoms with E-state index < -0.39 is 9.84 Å². The van der Waals surface area contributed by atoms with Crippen LogP contribution in [0, 0.1) is 6.92 Å². The molecule has 0 spiro atoms. The van der Waals surface area contributed by atoms with Gasteiger partial charge in [0.25, 0.3) is 0 Å². The molecule has 0 unspecified atom stereocenters. The monoisotopic (exact) mass is 264 g/mol. The van der Waals surface area contributed by atoms with Gasteiger partial charge in [-0.05, 0) is 19.1 Å². The second-order valence-electron chi connectivity index (χ2n) is 3.89. The van der Waals surface area contributed by atoms with Gasteiger partial charge in [-0.1, -0.05) is 17.7 Å². The molecule has 0 N–H and O–H groups in total. The van der Waals surface area contributed by atoms with E-state index in [1.165, 1.54) is 12.4 Å². The third kappa shape index (κ3) is 3.04. The van der Waals surface area contributed by atoms with Crippen molar-refractivity contribution in [2.45, 2.75) is 12.1 Å². The Morgan fingerprint density at radius 3 is 2.06 bits per heavy atom. The van der Waals surface area contributed by atoms with Gasteiger partial charge in [0, 0.05) is 6.26 Å². The molecule has 5 nitrogen and oxygen atoms in total. The number of hydrogen-bond donors (Lipinski definition) is 0. The Hall–Kier alpha value is -1.95. The van der Waals surface area contributed by atoms with E-state index in [1.54, 1.807) is 0 Å². The second kappa shape index (κ2) is 4.73. The summed E-state index contributed by atoms with van der Waals surface area (Å²) in [6.07, 6.45) is 3.73. The van der Waals surface area contributed by atoms with Crippen LogP contribution in [0.5, 0.6) is 11.5 Å². The average molecular weight is 264 g/mol. The molecule has 1 heterocycles. The number of ether oxygens (including phenoxy) is 1. The summed E-state index contributed by atoms with van der Waals surface area (Å²) in [5.74, 6) is 1.04. The van der Waals surface area contributed by atoms with Gasteiger partial charge < -0.3 is 4.74 Å². The van der Waals surface area contributed by atoms with Crippen LogP contribution in [-0.2, 0) is 9.84 Å². The first-order valence-electron chi connectivity index (χ1n) is 5.22. The lowest BCUT2D eigenvalue weighted by Gasteiger charge is -2.05. The fourth-order valence-electron chi connectivity index (χ4n) is 1.29. The molecule has 0 saturated heterocycles. The van der Waals surface area contributed by atoms with E-state index in [0.29, 0.717) is 11.5 Å². The van der Waals surface area contributed by atoms with Gasteiger partial charge in [-0.3, -0.25) is 0 Å². The van der Waals surface area contributed by atoms with E-state index in [1.807, 2.05) is 31.2 Å². The van der Waals surface area contributed by atoms with Gasteiger partial charge in [-0.2, -0.15) is 0 Å². The molecule has 1 aromatic carbocycles. The zero-order valence-corrected chi connectivity index (χ0v) is 10.8. The number of sulfone groups is 1. The molecule has 0 bridgehead atoms. The summed E-state index contributed by atoms with van der Waals surface area (Å²) in [4.78, 5) is 7.48. The number of aromatic nitrogens is 2. The molecule has 18 heavy (non-hydrogen) atoms. The van der Waals surface area contributed by atoms with Crippen molar-refractivity contribution in [3.05, 3.63) is 42.2 Å². The number of aryl methyl sites for hydroxylation is 1. The topological polar surface area (TPSA) is 69.2 Å². The average Bonchev–Trinajstić information content (AvgIpc) is 2.32. The number of nitrogens with zero attached hydrogens (tertiary/aromatic N) is 2. The highest BCUT2D eigenvalue weighted by Gasteiger charge is 2.10. The molecular formula is C12H12N2O3S. The van der Waals surface area contributed by atoms with Crippen molar-refractivity contribution >= 4 is 9.84 Å². The quantitative estimate of drug-likeness (QED) is 0.793. The first kappa shape index (κ1) is 12.5. The Morgan fingerprint density at radius 2 is 1.56 bits per heavy atom. The van der Waals surface area contributed by atoms with Gasteiger partial charge >= 0.3 is 0 Å². The van der Waals surface area contributed by atoms with Crippen LogP contribution in [0.4, 0.5) is 0 Å². The maximum Gasteiger partial charge on any atom is 0.246 e. The standard InChI is InChI=1S/C12H12N2O3S/c1-9-3-5-10(6-4-9)17-11-7-13-12(14-8-11)18(2,15)16/h3-8H,1-2H3. The molecule has 2 aromatic rings. The normalized spacial score (nSPS) is 11.2. The SMILES string of the molecule is Cc1ccc(Oc2cnc(S(C)(=O)=O)nc2)cc1. The van der Waals surface area contributed by atoms with E-state index in [2.05, 4.69) is 9.97 Å². The fourth-order valence-corrected chi connectivity index (χ4v) is 1.78. The van der Waals surface area contributed by atoms with Gasteiger partial charge in [0.1, 0.15) is 5.75 Å². The highest BCUT2D eigenvalue weighted by atomic mass is 32.2. The minimum absolute atomic E-state index is 0.209. The molecule has 2 rings (SSSR count). The molecule has 0 saturated carbocycles. The van der Waals surface area contributed by atoms with Crippen LogP contribution in [0.15, 0.2) is 41.8 Å². The second-order valence-corrected chi connectivity index (χ2v) is 5.80. The van der Waals surface area contributed by atoms with E-state index in [9.17, 15) is 8.42 Å². The molecule has 6 heteroatoms. The predicted octanol–water partition coefficient (Wildman–Crippen LogP) is 1.98. The summed E-state index contributed by atoms with van der Waals surface area (Å²) < 4.78 is 27.8. The fraction of sp³-hybridized carbons (Fsp3) is 0.167. The van der Waals surface area contributed by atoms with Crippen LogP contribution in [0.2, 0.25) is 0 Å². The molecule has 0 aliphatic carbocycles. The third-order valence-corrected chi connectivity index (χ3v) is 3.07. The summed E-state index contributed by atoms with van der Waals surface area (Å²) >= 11 is 0. The summed E-state index contributed by atoms with van der Waals surface area (Å²) in [5.41, 5.74) is 1.13. The molecule has 94 valence electrons. The summed E-state index contributed by atoms with van der Waals surface area (Å²) in [6.45, 7) is 1.98. The van der Waals surface area contributed by atoms with Crippen molar-refractivity contribution in [3.8, 4) is 11.5 Å². The minimum atomic E-state index is -3.38. The zero-order valence-electron chi connectivity index (χ0n) is 9.99. The zero-order chi connectivity index (χ0) is 13.2. The first-order valence-corrected chi connectivity index (χ1v) is 7.11. The maximum atomic E-state index is 11.2. The van der Waals surface area contributed by atoms with Gasteiger partial charge in [-0.25, -0.2) is 18.4 Å². The predicted molar refractivity (Wildman–Crippen MR) is 66.4 cm³/mol. The van der Waals surface area contributed by atoms with Crippen molar-refractivity contribution in [3.63, 3.8) is 0 Å². The Kier molecular flexibility index (Phi) is 3.29. The molecule has 0 atom stereocenters. The van der Waals surface area contributed by atoms with Crippen molar-refractivity contribution in [2.75, 3.05) is 6.26 Å². The first-order chi connectivity index (χ1) is 8.45. The maximum absolute atomic E-state index is 11.2. The van der Waals surface area contributed by atoms with E-state index >= 15 is 0 Å². The largest absolute Gasteiger partial charge is 0.454 e. The van der Waals surface area contributed by atoms with Gasteiger partial charge in [-0.15, -0.1) is 0 Å². The molecule has 0 aliphatic rings. The van der Waals surface area contributed by atoms with E-state index in [4.69, 9.17) is 4.74 Å². The van der Waals surface area contributed by atoms with Crippen LogP contribution in [0.25, 0.3) is 0 Å². The van der Waals surface area contributed by atoms with E-state index in [-0.39, 0.29) is 5.16 Å². The molecular weight excluding hydrogens is 252 g/mol. The lowest BCUT2D eigenvalue weighted by molar-refractivity contribution is 0.474. The van der Waals surface area contributed by atoms with Crippen molar-refractivity contribution in [2.24, 2.45) is 0 Å². The summed E-state index contributed by atoms with van der Waals surface area (Å²) in [7, 11) is -3.38. The van der Waals surface area contributed by atoms with Crippen molar-refractivity contribution < 1.29 is 13.2 Å². The molecule has 0 amide bonds. The van der Waals surface area contributed by atoms with Crippen LogP contribution in [0.3, 0.4) is 0 Å². The van der Waals surface area contributed by atoms with Gasteiger partial charge in [0.05, 0.1) is 12.4 Å². The highest BCUT2D eigenvalue weighted by Crippen LogP contribution is 2.20. The molecule has 0 fully saturated rings. The van der Waals surface area contributed by atoms with Gasteiger partial charge in [0.15, 0.2) is 5.75 Å². The Morgan fingerprint density at radius 1 is 1.00 bits per heavy atom. The van der Waals surface area contributed by atoms with Crippen LogP contribution in [-0.4, -0.2) is 24.6 Å². The van der Waals surface area contributed by atoms with Crippen molar-refractivity contribution in [1.29, 1.82) is 0 Å². The Bertz CT molecular complexity index is 634. The Labute approximate surface area is 105 Å². The minimum Gasteiger partial charge on any atom is -0.454 e. The summed E-state index contributed by atoms with van der Waals surface area (Å²) in [6, 6.07) is 7.47. The smallest absolute Gasteiger partial charge is 0.246 e. The lowest BCUT2D eigenvalue weighted by Crippen LogP contribution is -2.03. The molecule has 1 aromatic heterocycles. The van der Waals surface area contributed by atoms with E-state index in [0.717, 1.165) is 11.8 Å². The van der Waals surface area contributed by atoms with Crippen molar-refractivity contribution in [1.82, 2.24) is 9.97 Å². The molecule has 0 radical (unpaired) electrons. The lowest BCUT2D eigenvalue weighted by atomic mass is 10.2. The number of hydrogen-bond acceptors (Lipinski definition) is 5. The van der Waals surface area contributed by atoms with Crippen LogP contribution < -0.4 is 4.74 Å². The third-order valence-electron chi connectivity index (χ3n) is 2.19. The summed E-state index contributed by atoms with van der Waals surface area (Å²) in [5, 5.41) is -0.209. The molecule has 0 aliphatic heterocycles. The van der Waals surface area contributed by atoms with Crippen LogP contribution in [0.1, 0.15) is 5.56 Å². The number of benzene rings is 1. The highest BCUT2D eigenvalue weighted by molar-refractivity contribution is 7.90. The Balaban J connectivity index is 2.18. The van der Waals surface area contributed by atoms with Crippen LogP contribution >= 0.6 is 0 Å². The van der Waals surface area contributed by atoms with Gasteiger partial charge in [0.2, 0.25) is 15.0 Å². The number of rotatable bonds is 3.